The average molecular weight is 424 g/mol. The van der Waals surface area contributed by atoms with Gasteiger partial charge in [0.2, 0.25) is 11.8 Å². The van der Waals surface area contributed by atoms with Crippen LogP contribution in [0.25, 0.3) is 11.3 Å². The molecule has 0 saturated carbocycles. The summed E-state index contributed by atoms with van der Waals surface area (Å²) < 4.78 is 5.36. The lowest BCUT2D eigenvalue weighted by molar-refractivity contribution is -0.130. The summed E-state index contributed by atoms with van der Waals surface area (Å²) in [6.45, 7) is 2.64. The number of aromatic nitrogens is 1. The Bertz CT molecular complexity index is 1030. The van der Waals surface area contributed by atoms with Gasteiger partial charge >= 0.3 is 0 Å². The quantitative estimate of drug-likeness (QED) is 0.644. The Balaban J connectivity index is 1.34. The van der Waals surface area contributed by atoms with Gasteiger partial charge in [0.05, 0.1) is 18.5 Å². The fourth-order valence-electron chi connectivity index (χ4n) is 3.66. The van der Waals surface area contributed by atoms with Gasteiger partial charge in [-0.3, -0.25) is 9.59 Å². The van der Waals surface area contributed by atoms with Crippen LogP contribution in [-0.2, 0) is 16.1 Å². The molecule has 30 heavy (non-hydrogen) atoms. The SMILES string of the molecule is CC(c1ccccc1)N1CC(C(=O)NCc2cc(-c3ccc(Cl)cc3)on2)CC1=O. The third-order valence-electron chi connectivity index (χ3n) is 5.41. The van der Waals surface area contributed by atoms with Gasteiger partial charge in [0.1, 0.15) is 5.69 Å². The van der Waals surface area contributed by atoms with Crippen LogP contribution in [0.1, 0.15) is 30.6 Å². The van der Waals surface area contributed by atoms with E-state index < -0.39 is 0 Å². The molecule has 0 bridgehead atoms. The molecule has 2 heterocycles. The lowest BCUT2D eigenvalue weighted by Gasteiger charge is -2.25. The predicted molar refractivity (Wildman–Crippen MR) is 113 cm³/mol. The molecule has 4 rings (SSSR count). The van der Waals surface area contributed by atoms with Gasteiger partial charge in [-0.15, -0.1) is 0 Å². The van der Waals surface area contributed by atoms with Crippen LogP contribution in [0.5, 0.6) is 0 Å². The lowest BCUT2D eigenvalue weighted by atomic mass is 10.1. The second-order valence-electron chi connectivity index (χ2n) is 7.44. The summed E-state index contributed by atoms with van der Waals surface area (Å²) >= 11 is 5.90. The van der Waals surface area contributed by atoms with E-state index in [2.05, 4.69) is 10.5 Å². The van der Waals surface area contributed by atoms with Crippen molar-refractivity contribution in [2.75, 3.05) is 6.54 Å². The van der Waals surface area contributed by atoms with E-state index in [0.29, 0.717) is 23.0 Å². The maximum atomic E-state index is 12.6. The Kier molecular flexibility index (Phi) is 5.86. The van der Waals surface area contributed by atoms with Crippen molar-refractivity contribution in [1.29, 1.82) is 0 Å². The highest BCUT2D eigenvalue weighted by Crippen LogP contribution is 2.28. The van der Waals surface area contributed by atoms with Crippen LogP contribution < -0.4 is 5.32 Å². The van der Waals surface area contributed by atoms with Gasteiger partial charge in [-0.25, -0.2) is 0 Å². The molecule has 1 saturated heterocycles. The first-order valence-electron chi connectivity index (χ1n) is 9.85. The predicted octanol–water partition coefficient (Wildman–Crippen LogP) is 4.22. The third kappa shape index (κ3) is 4.39. The zero-order valence-corrected chi connectivity index (χ0v) is 17.3. The van der Waals surface area contributed by atoms with E-state index in [0.717, 1.165) is 11.1 Å². The molecule has 3 aromatic rings. The fraction of sp³-hybridized carbons (Fsp3) is 0.261. The molecule has 154 valence electrons. The van der Waals surface area contributed by atoms with Crippen molar-refractivity contribution in [2.24, 2.45) is 5.92 Å². The first kappa shape index (κ1) is 20.2. The van der Waals surface area contributed by atoms with Crippen LogP contribution in [0.15, 0.2) is 65.2 Å². The molecule has 2 atom stereocenters. The van der Waals surface area contributed by atoms with Crippen LogP contribution in [-0.4, -0.2) is 28.4 Å². The first-order chi connectivity index (χ1) is 14.5. The summed E-state index contributed by atoms with van der Waals surface area (Å²) in [5, 5.41) is 7.53. The maximum absolute atomic E-state index is 12.6. The minimum atomic E-state index is -0.369. The van der Waals surface area contributed by atoms with E-state index in [9.17, 15) is 9.59 Å². The number of rotatable bonds is 6. The molecule has 7 heteroatoms. The summed E-state index contributed by atoms with van der Waals surface area (Å²) in [4.78, 5) is 26.9. The molecule has 0 spiro atoms. The second kappa shape index (κ2) is 8.71. The van der Waals surface area contributed by atoms with Crippen LogP contribution in [0.4, 0.5) is 0 Å². The van der Waals surface area contributed by atoms with Crippen molar-refractivity contribution in [3.63, 3.8) is 0 Å². The molecular formula is C23H22ClN3O3. The number of hydrogen-bond acceptors (Lipinski definition) is 4. The van der Waals surface area contributed by atoms with Crippen LogP contribution in [0.3, 0.4) is 0 Å². The normalized spacial score (nSPS) is 17.2. The highest BCUT2D eigenvalue weighted by Gasteiger charge is 2.36. The van der Waals surface area contributed by atoms with Crippen molar-refractivity contribution in [3.8, 4) is 11.3 Å². The van der Waals surface area contributed by atoms with Gasteiger partial charge in [-0.1, -0.05) is 47.1 Å². The smallest absolute Gasteiger partial charge is 0.225 e. The van der Waals surface area contributed by atoms with Gasteiger partial charge in [-0.05, 0) is 36.8 Å². The molecule has 1 aliphatic heterocycles. The average Bonchev–Trinajstić information content (AvgIpc) is 3.39. The minimum Gasteiger partial charge on any atom is -0.356 e. The number of halogens is 1. The second-order valence-corrected chi connectivity index (χ2v) is 7.88. The number of nitrogens with zero attached hydrogens (tertiary/aromatic N) is 2. The summed E-state index contributed by atoms with van der Waals surface area (Å²) in [7, 11) is 0. The lowest BCUT2D eigenvalue weighted by Crippen LogP contribution is -2.33. The number of amides is 2. The molecule has 1 N–H and O–H groups in total. The van der Waals surface area contributed by atoms with Gasteiger partial charge in [0.15, 0.2) is 5.76 Å². The summed E-state index contributed by atoms with van der Waals surface area (Å²) in [6, 6.07) is 18.8. The Morgan fingerprint density at radius 2 is 1.97 bits per heavy atom. The Morgan fingerprint density at radius 3 is 2.70 bits per heavy atom. The molecule has 6 nitrogen and oxygen atoms in total. The van der Waals surface area contributed by atoms with E-state index in [4.69, 9.17) is 16.1 Å². The van der Waals surface area contributed by atoms with Gasteiger partial charge in [-0.2, -0.15) is 0 Å². The van der Waals surface area contributed by atoms with Crippen molar-refractivity contribution in [1.82, 2.24) is 15.4 Å². The van der Waals surface area contributed by atoms with E-state index in [1.54, 1.807) is 23.1 Å². The van der Waals surface area contributed by atoms with Crippen molar-refractivity contribution < 1.29 is 14.1 Å². The molecule has 1 fully saturated rings. The van der Waals surface area contributed by atoms with E-state index in [-0.39, 0.29) is 36.7 Å². The zero-order valence-electron chi connectivity index (χ0n) is 16.5. The highest BCUT2D eigenvalue weighted by atomic mass is 35.5. The summed E-state index contributed by atoms with van der Waals surface area (Å²) in [6.07, 6.45) is 0.220. The van der Waals surface area contributed by atoms with Gasteiger partial charge in [0.25, 0.3) is 0 Å². The number of benzene rings is 2. The fourth-order valence-corrected chi connectivity index (χ4v) is 3.79. The Hall–Kier alpha value is -3.12. The van der Waals surface area contributed by atoms with Crippen molar-refractivity contribution in [3.05, 3.63) is 76.9 Å². The maximum Gasteiger partial charge on any atom is 0.225 e. The highest BCUT2D eigenvalue weighted by molar-refractivity contribution is 6.30. The number of carbonyl (C=O) groups excluding carboxylic acids is 2. The van der Waals surface area contributed by atoms with Crippen molar-refractivity contribution >= 4 is 23.4 Å². The molecule has 2 unspecified atom stereocenters. The number of nitrogens with one attached hydrogen (secondary N) is 1. The topological polar surface area (TPSA) is 75.4 Å². The van der Waals surface area contributed by atoms with E-state index in [1.807, 2.05) is 49.4 Å². The van der Waals surface area contributed by atoms with Gasteiger partial charge < -0.3 is 14.7 Å². The number of likely N-dealkylation sites (tertiary alicyclic amines) is 1. The van der Waals surface area contributed by atoms with Crippen LogP contribution in [0.2, 0.25) is 5.02 Å². The molecule has 1 aromatic heterocycles. The Labute approximate surface area is 179 Å². The molecule has 2 amide bonds. The monoisotopic (exact) mass is 423 g/mol. The minimum absolute atomic E-state index is 0.00189. The van der Waals surface area contributed by atoms with Crippen LogP contribution >= 0.6 is 11.6 Å². The molecular weight excluding hydrogens is 402 g/mol. The van der Waals surface area contributed by atoms with E-state index >= 15 is 0 Å². The Morgan fingerprint density at radius 1 is 1.23 bits per heavy atom. The molecule has 0 aliphatic carbocycles. The molecule has 2 aromatic carbocycles. The van der Waals surface area contributed by atoms with Gasteiger partial charge in [0, 0.05) is 29.6 Å². The summed E-state index contributed by atoms with van der Waals surface area (Å²) in [5.74, 6) is 0.0845. The third-order valence-corrected chi connectivity index (χ3v) is 5.66. The first-order valence-corrected chi connectivity index (χ1v) is 10.2. The van der Waals surface area contributed by atoms with E-state index in [1.165, 1.54) is 0 Å². The van der Waals surface area contributed by atoms with Crippen molar-refractivity contribution in [2.45, 2.75) is 25.9 Å². The number of carbonyl (C=O) groups is 2. The largest absolute Gasteiger partial charge is 0.356 e. The zero-order chi connectivity index (χ0) is 21.1. The number of hydrogen-bond donors (Lipinski definition) is 1. The molecule has 0 radical (unpaired) electrons. The summed E-state index contributed by atoms with van der Waals surface area (Å²) in [5.41, 5.74) is 2.53. The standard InChI is InChI=1S/C23H22ClN3O3/c1-15(16-5-3-2-4-6-16)27-14-18(11-22(27)28)23(29)25-13-20-12-21(30-26-20)17-7-9-19(24)10-8-17/h2-10,12,15,18H,11,13-14H2,1H3,(H,25,29). The molecule has 1 aliphatic rings. The van der Waals surface area contributed by atoms with Crippen LogP contribution in [0, 0.1) is 5.92 Å².